The number of piperazine rings is 1. The lowest BCUT2D eigenvalue weighted by atomic mass is 9.98. The molecule has 1 aliphatic heterocycles. The van der Waals surface area contributed by atoms with Crippen LogP contribution in [0.3, 0.4) is 0 Å². The summed E-state index contributed by atoms with van der Waals surface area (Å²) in [6, 6.07) is 6.48. The van der Waals surface area contributed by atoms with Crippen LogP contribution in [-0.2, 0) is 0 Å². The van der Waals surface area contributed by atoms with Gasteiger partial charge in [-0.05, 0) is 50.9 Å². The number of thiazole rings is 1. The Balaban J connectivity index is 1.22. The number of aromatic nitrogens is 4. The molecule has 0 bridgehead atoms. The summed E-state index contributed by atoms with van der Waals surface area (Å²) < 4.78 is 6.02. The van der Waals surface area contributed by atoms with E-state index >= 15 is 0 Å². The Kier molecular flexibility index (Phi) is 6.45. The van der Waals surface area contributed by atoms with Gasteiger partial charge in [0, 0.05) is 38.6 Å². The molecule has 1 N–H and O–H groups in total. The summed E-state index contributed by atoms with van der Waals surface area (Å²) in [5.74, 6) is 0.785. The maximum absolute atomic E-state index is 6.02. The number of pyridine rings is 1. The highest BCUT2D eigenvalue weighted by Crippen LogP contribution is 2.30. The van der Waals surface area contributed by atoms with Crippen LogP contribution in [0, 0.1) is 0 Å². The highest BCUT2D eigenvalue weighted by Gasteiger charge is 2.17. The highest BCUT2D eigenvalue weighted by atomic mass is 32.1. The topological polar surface area (TPSA) is 79.3 Å². The Morgan fingerprint density at radius 3 is 2.59 bits per heavy atom. The lowest BCUT2D eigenvalue weighted by Crippen LogP contribution is -2.44. The van der Waals surface area contributed by atoms with Crippen LogP contribution >= 0.6 is 11.3 Å². The van der Waals surface area contributed by atoms with Gasteiger partial charge in [0.05, 0.1) is 22.5 Å². The predicted octanol–water partition coefficient (Wildman–Crippen LogP) is 4.20. The molecule has 32 heavy (non-hydrogen) atoms. The van der Waals surface area contributed by atoms with E-state index < -0.39 is 0 Å². The average Bonchev–Trinajstić information content (AvgIpc) is 3.30. The predicted molar refractivity (Wildman–Crippen MR) is 128 cm³/mol. The number of nitrogens with one attached hydrogen (secondary N) is 1. The van der Waals surface area contributed by atoms with Crippen molar-refractivity contribution in [3.63, 3.8) is 0 Å². The Hall–Kier alpha value is -2.78. The lowest BCUT2D eigenvalue weighted by molar-refractivity contribution is 0.142. The van der Waals surface area contributed by atoms with Crippen molar-refractivity contribution in [1.29, 1.82) is 0 Å². The third-order valence-corrected chi connectivity index (χ3v) is 7.00. The number of rotatable bonds is 6. The van der Waals surface area contributed by atoms with Gasteiger partial charge in [0.2, 0.25) is 0 Å². The number of ether oxygens (including phenoxy) is 1. The maximum Gasteiger partial charge on any atom is 0.317 e. The van der Waals surface area contributed by atoms with Gasteiger partial charge < -0.3 is 19.9 Å². The fourth-order valence-corrected chi connectivity index (χ4v) is 4.93. The van der Waals surface area contributed by atoms with Crippen LogP contribution in [0.15, 0.2) is 36.8 Å². The van der Waals surface area contributed by atoms with E-state index in [-0.39, 0.29) is 6.10 Å². The van der Waals surface area contributed by atoms with Crippen molar-refractivity contribution in [2.45, 2.75) is 38.2 Å². The van der Waals surface area contributed by atoms with Crippen molar-refractivity contribution in [2.24, 2.45) is 0 Å². The Labute approximate surface area is 192 Å². The minimum Gasteiger partial charge on any atom is -0.460 e. The van der Waals surface area contributed by atoms with Crippen LogP contribution in [0.25, 0.3) is 10.6 Å². The summed E-state index contributed by atoms with van der Waals surface area (Å²) in [6.07, 6.45) is 11.7. The van der Waals surface area contributed by atoms with E-state index in [9.17, 15) is 0 Å². The summed E-state index contributed by atoms with van der Waals surface area (Å²) in [5.41, 5.74) is 1.99. The van der Waals surface area contributed by atoms with Gasteiger partial charge in [-0.1, -0.05) is 17.8 Å². The molecule has 0 atom stereocenters. The molecule has 1 saturated heterocycles. The van der Waals surface area contributed by atoms with E-state index in [1.807, 2.05) is 24.5 Å². The second kappa shape index (κ2) is 9.79. The summed E-state index contributed by atoms with van der Waals surface area (Å²) in [5, 5.41) is 4.09. The van der Waals surface area contributed by atoms with E-state index in [1.165, 1.54) is 19.3 Å². The number of likely N-dealkylation sites (N-methyl/N-ethyl adjacent to an activating group) is 1. The SMILES string of the molecule is CN1CCN(c2ccc(Nc3ncc(-c4ccnc(OC5CCCCC5)n4)s3)nc2)CC1. The molecule has 2 fully saturated rings. The molecule has 0 amide bonds. The monoisotopic (exact) mass is 451 g/mol. The summed E-state index contributed by atoms with van der Waals surface area (Å²) in [4.78, 5) is 23.7. The molecule has 5 rings (SSSR count). The van der Waals surface area contributed by atoms with Crippen LogP contribution in [0.2, 0.25) is 0 Å². The van der Waals surface area contributed by atoms with Crippen LogP contribution in [0.5, 0.6) is 6.01 Å². The number of hydrogen-bond donors (Lipinski definition) is 1. The zero-order chi connectivity index (χ0) is 21.8. The first kappa shape index (κ1) is 21.1. The van der Waals surface area contributed by atoms with Crippen LogP contribution in [-0.4, -0.2) is 64.2 Å². The van der Waals surface area contributed by atoms with E-state index in [0.29, 0.717) is 6.01 Å². The van der Waals surface area contributed by atoms with Crippen molar-refractivity contribution in [2.75, 3.05) is 43.4 Å². The van der Waals surface area contributed by atoms with E-state index in [4.69, 9.17) is 4.74 Å². The molecule has 0 radical (unpaired) electrons. The average molecular weight is 452 g/mol. The largest absolute Gasteiger partial charge is 0.460 e. The minimum atomic E-state index is 0.234. The van der Waals surface area contributed by atoms with Gasteiger partial charge in [0.1, 0.15) is 11.9 Å². The summed E-state index contributed by atoms with van der Waals surface area (Å²) >= 11 is 1.54. The molecule has 8 nitrogen and oxygen atoms in total. The molecule has 9 heteroatoms. The van der Waals surface area contributed by atoms with Crippen LogP contribution < -0.4 is 15.0 Å². The number of hydrogen-bond acceptors (Lipinski definition) is 9. The third kappa shape index (κ3) is 5.16. The molecule has 168 valence electrons. The fraction of sp³-hybridized carbons (Fsp3) is 0.478. The molecular weight excluding hydrogens is 422 g/mol. The Morgan fingerprint density at radius 1 is 0.969 bits per heavy atom. The molecule has 0 spiro atoms. The van der Waals surface area contributed by atoms with Gasteiger partial charge in [0.15, 0.2) is 5.13 Å². The lowest BCUT2D eigenvalue weighted by Gasteiger charge is -2.33. The van der Waals surface area contributed by atoms with Gasteiger partial charge >= 0.3 is 6.01 Å². The summed E-state index contributed by atoms with van der Waals surface area (Å²) in [6.45, 7) is 4.23. The van der Waals surface area contributed by atoms with Crippen LogP contribution in [0.1, 0.15) is 32.1 Å². The minimum absolute atomic E-state index is 0.234. The van der Waals surface area contributed by atoms with Gasteiger partial charge in [-0.25, -0.2) is 15.0 Å². The summed E-state index contributed by atoms with van der Waals surface area (Å²) in [7, 11) is 2.16. The second-order valence-corrected chi connectivity index (χ2v) is 9.48. The van der Waals surface area contributed by atoms with Crippen molar-refractivity contribution in [3.05, 3.63) is 36.8 Å². The van der Waals surface area contributed by atoms with Crippen molar-refractivity contribution < 1.29 is 4.74 Å². The van der Waals surface area contributed by atoms with E-state index in [1.54, 1.807) is 17.5 Å². The zero-order valence-electron chi connectivity index (χ0n) is 18.4. The van der Waals surface area contributed by atoms with Crippen molar-refractivity contribution in [3.8, 4) is 16.6 Å². The first-order valence-electron chi connectivity index (χ1n) is 11.4. The zero-order valence-corrected chi connectivity index (χ0v) is 19.2. The van der Waals surface area contributed by atoms with Crippen molar-refractivity contribution >= 4 is 28.0 Å². The molecule has 2 aliphatic rings. The first-order valence-corrected chi connectivity index (χ1v) is 12.2. The van der Waals surface area contributed by atoms with Gasteiger partial charge in [-0.3, -0.25) is 0 Å². The molecule has 0 aromatic carbocycles. The smallest absolute Gasteiger partial charge is 0.317 e. The normalized spacial score (nSPS) is 18.0. The first-order chi connectivity index (χ1) is 15.7. The van der Waals surface area contributed by atoms with Gasteiger partial charge in [-0.2, -0.15) is 4.98 Å². The molecule has 4 heterocycles. The standard InChI is InChI=1S/C23H29N7OS/c1-29-11-13-30(14-12-29)17-7-8-21(25-15-17)28-23-26-16-20(32-23)19-9-10-24-22(27-19)31-18-5-3-2-4-6-18/h7-10,15-16,18H,2-6,11-14H2,1H3,(H,25,26,28). The maximum atomic E-state index is 6.02. The molecule has 1 saturated carbocycles. The Morgan fingerprint density at radius 2 is 1.81 bits per heavy atom. The number of anilines is 3. The van der Waals surface area contributed by atoms with Gasteiger partial charge in [-0.15, -0.1) is 0 Å². The molecule has 3 aromatic heterocycles. The van der Waals surface area contributed by atoms with E-state index in [0.717, 1.165) is 66.2 Å². The quantitative estimate of drug-likeness (QED) is 0.597. The highest BCUT2D eigenvalue weighted by molar-refractivity contribution is 7.18. The Bertz CT molecular complexity index is 1010. The third-order valence-electron chi connectivity index (χ3n) is 6.07. The van der Waals surface area contributed by atoms with E-state index in [2.05, 4.69) is 48.2 Å². The second-order valence-electron chi connectivity index (χ2n) is 8.45. The fourth-order valence-electron chi connectivity index (χ4n) is 4.14. The molecule has 0 unspecified atom stereocenters. The van der Waals surface area contributed by atoms with Crippen molar-refractivity contribution in [1.82, 2.24) is 24.8 Å². The number of nitrogens with zero attached hydrogens (tertiary/aromatic N) is 6. The van der Waals surface area contributed by atoms with Crippen LogP contribution in [0.4, 0.5) is 16.6 Å². The molecule has 3 aromatic rings. The molecular formula is C23H29N7OS. The van der Waals surface area contributed by atoms with Gasteiger partial charge in [0.25, 0.3) is 0 Å². The molecule has 1 aliphatic carbocycles.